The number of pyridine rings is 1. The van der Waals surface area contributed by atoms with E-state index in [1.165, 1.54) is 18.4 Å². The molecule has 0 radical (unpaired) electrons. The zero-order chi connectivity index (χ0) is 13.0. The topological polar surface area (TPSA) is 46.2 Å². The van der Waals surface area contributed by atoms with Crippen LogP contribution in [0.5, 0.6) is 0 Å². The largest absolute Gasteiger partial charge is 0.380 e. The molecule has 100 valence electrons. The zero-order valence-corrected chi connectivity index (χ0v) is 11.5. The van der Waals surface area contributed by atoms with Crippen LogP contribution < -0.4 is 10.6 Å². The molecule has 4 heteroatoms. The third-order valence-electron chi connectivity index (χ3n) is 3.16. The van der Waals surface area contributed by atoms with Gasteiger partial charge in [-0.2, -0.15) is 0 Å². The molecule has 1 aliphatic rings. The van der Waals surface area contributed by atoms with Gasteiger partial charge in [0.2, 0.25) is 0 Å². The number of hydrogen-bond acceptors (Lipinski definition) is 4. The molecule has 1 aliphatic carbocycles. The van der Waals surface area contributed by atoms with Crippen molar-refractivity contribution >= 4 is 5.82 Å². The maximum absolute atomic E-state index is 5.22. The van der Waals surface area contributed by atoms with Crippen LogP contribution in [0.3, 0.4) is 0 Å². The van der Waals surface area contributed by atoms with Crippen LogP contribution in [-0.2, 0) is 11.3 Å². The molecule has 0 spiro atoms. The highest BCUT2D eigenvalue weighted by Gasteiger charge is 2.20. The fourth-order valence-corrected chi connectivity index (χ4v) is 1.81. The number of nitrogens with zero attached hydrogens (tertiary/aromatic N) is 1. The summed E-state index contributed by atoms with van der Waals surface area (Å²) in [5.41, 5.74) is 2.35. The number of aromatic nitrogens is 1. The number of ether oxygens (including phenoxy) is 1. The lowest BCUT2D eigenvalue weighted by atomic mass is 10.2. The van der Waals surface area contributed by atoms with Gasteiger partial charge in [0.15, 0.2) is 0 Å². The van der Waals surface area contributed by atoms with Gasteiger partial charge in [-0.05, 0) is 44.4 Å². The van der Waals surface area contributed by atoms with Gasteiger partial charge >= 0.3 is 0 Å². The van der Waals surface area contributed by atoms with Crippen molar-refractivity contribution in [2.75, 3.05) is 19.0 Å². The zero-order valence-electron chi connectivity index (χ0n) is 11.5. The van der Waals surface area contributed by atoms with Crippen LogP contribution >= 0.6 is 0 Å². The third kappa shape index (κ3) is 4.27. The number of hydrogen-bond donors (Lipinski definition) is 2. The second kappa shape index (κ2) is 6.16. The molecular weight excluding hydrogens is 226 g/mol. The normalized spacial score (nSPS) is 16.6. The summed E-state index contributed by atoms with van der Waals surface area (Å²) in [5, 5.41) is 6.84. The highest BCUT2D eigenvalue weighted by molar-refractivity contribution is 5.39. The molecule has 0 bridgehead atoms. The average Bonchev–Trinajstić information content (AvgIpc) is 3.17. The number of nitrogens with one attached hydrogen (secondary N) is 2. The van der Waals surface area contributed by atoms with Crippen LogP contribution in [0, 0.1) is 6.92 Å². The SMILES string of the molecule is COC(C)CNc1cc(CNC2CC2)cc(C)n1. The average molecular weight is 249 g/mol. The maximum Gasteiger partial charge on any atom is 0.126 e. The molecule has 1 heterocycles. The molecule has 2 rings (SSSR count). The van der Waals surface area contributed by atoms with Crippen molar-refractivity contribution in [2.45, 2.75) is 45.4 Å². The highest BCUT2D eigenvalue weighted by Crippen LogP contribution is 2.20. The lowest BCUT2D eigenvalue weighted by molar-refractivity contribution is 0.128. The summed E-state index contributed by atoms with van der Waals surface area (Å²) in [7, 11) is 1.72. The van der Waals surface area contributed by atoms with E-state index in [1.54, 1.807) is 7.11 Å². The molecule has 1 unspecified atom stereocenters. The molecular formula is C14H23N3O. The van der Waals surface area contributed by atoms with Gasteiger partial charge in [-0.15, -0.1) is 0 Å². The van der Waals surface area contributed by atoms with E-state index in [-0.39, 0.29) is 6.10 Å². The molecule has 4 nitrogen and oxygen atoms in total. The fourth-order valence-electron chi connectivity index (χ4n) is 1.81. The number of methoxy groups -OCH3 is 1. The molecule has 0 amide bonds. The van der Waals surface area contributed by atoms with E-state index in [9.17, 15) is 0 Å². The predicted molar refractivity (Wildman–Crippen MR) is 73.8 cm³/mol. The van der Waals surface area contributed by atoms with Crippen molar-refractivity contribution < 1.29 is 4.74 Å². The Balaban J connectivity index is 1.91. The van der Waals surface area contributed by atoms with Crippen LogP contribution in [0.4, 0.5) is 5.82 Å². The Bertz CT molecular complexity index is 391. The van der Waals surface area contributed by atoms with E-state index in [2.05, 4.69) is 27.8 Å². The summed E-state index contributed by atoms with van der Waals surface area (Å²) in [6.07, 6.45) is 2.83. The van der Waals surface area contributed by atoms with E-state index in [0.717, 1.165) is 30.6 Å². The lowest BCUT2D eigenvalue weighted by Gasteiger charge is -2.13. The standard InChI is InChI=1S/C14H23N3O/c1-10-6-12(9-15-13-4-5-13)7-14(17-10)16-8-11(2)18-3/h6-7,11,13,15H,4-5,8-9H2,1-3H3,(H,16,17). The molecule has 0 saturated heterocycles. The number of rotatable bonds is 7. The van der Waals surface area contributed by atoms with Gasteiger partial charge in [0.05, 0.1) is 6.10 Å². The van der Waals surface area contributed by atoms with Crippen LogP contribution in [0.1, 0.15) is 31.0 Å². The van der Waals surface area contributed by atoms with E-state index in [4.69, 9.17) is 4.74 Å². The molecule has 18 heavy (non-hydrogen) atoms. The molecule has 1 atom stereocenters. The minimum atomic E-state index is 0.195. The summed E-state index contributed by atoms with van der Waals surface area (Å²) in [4.78, 5) is 4.49. The smallest absolute Gasteiger partial charge is 0.126 e. The van der Waals surface area contributed by atoms with Crippen LogP contribution in [0.15, 0.2) is 12.1 Å². The van der Waals surface area contributed by atoms with Crippen LogP contribution in [0.2, 0.25) is 0 Å². The summed E-state index contributed by atoms with van der Waals surface area (Å²) >= 11 is 0. The summed E-state index contributed by atoms with van der Waals surface area (Å²) in [6.45, 7) is 5.79. The molecule has 0 aliphatic heterocycles. The lowest BCUT2D eigenvalue weighted by Crippen LogP contribution is -2.19. The van der Waals surface area contributed by atoms with Crippen LogP contribution in [0.25, 0.3) is 0 Å². The summed E-state index contributed by atoms with van der Waals surface area (Å²) in [5.74, 6) is 0.937. The Labute approximate surface area is 109 Å². The van der Waals surface area contributed by atoms with Gasteiger partial charge in [0.25, 0.3) is 0 Å². The summed E-state index contributed by atoms with van der Waals surface area (Å²) < 4.78 is 5.22. The van der Waals surface area contributed by atoms with E-state index >= 15 is 0 Å². The van der Waals surface area contributed by atoms with Crippen molar-refractivity contribution in [1.82, 2.24) is 10.3 Å². The Hall–Kier alpha value is -1.13. The van der Waals surface area contributed by atoms with Crippen LogP contribution in [-0.4, -0.2) is 30.8 Å². The van der Waals surface area contributed by atoms with Gasteiger partial charge in [-0.3, -0.25) is 0 Å². The Morgan fingerprint density at radius 1 is 1.44 bits per heavy atom. The van der Waals surface area contributed by atoms with Gasteiger partial charge < -0.3 is 15.4 Å². The molecule has 1 saturated carbocycles. The quantitative estimate of drug-likeness (QED) is 0.777. The third-order valence-corrected chi connectivity index (χ3v) is 3.16. The van der Waals surface area contributed by atoms with Gasteiger partial charge in [-0.25, -0.2) is 4.98 Å². The van der Waals surface area contributed by atoms with Crippen molar-refractivity contribution in [3.05, 3.63) is 23.4 Å². The van der Waals surface area contributed by atoms with Gasteiger partial charge in [-0.1, -0.05) is 0 Å². The van der Waals surface area contributed by atoms with Gasteiger partial charge in [0, 0.05) is 31.9 Å². The summed E-state index contributed by atoms with van der Waals surface area (Å²) in [6, 6.07) is 4.99. The first-order valence-corrected chi connectivity index (χ1v) is 6.65. The molecule has 1 aromatic heterocycles. The van der Waals surface area contributed by atoms with Crippen molar-refractivity contribution in [3.63, 3.8) is 0 Å². The van der Waals surface area contributed by atoms with Crippen molar-refractivity contribution in [3.8, 4) is 0 Å². The second-order valence-corrected chi connectivity index (χ2v) is 5.08. The van der Waals surface area contributed by atoms with Crippen molar-refractivity contribution in [2.24, 2.45) is 0 Å². The fraction of sp³-hybridized carbons (Fsp3) is 0.643. The minimum Gasteiger partial charge on any atom is -0.380 e. The molecule has 2 N–H and O–H groups in total. The van der Waals surface area contributed by atoms with Gasteiger partial charge in [0.1, 0.15) is 5.82 Å². The maximum atomic E-state index is 5.22. The minimum absolute atomic E-state index is 0.195. The van der Waals surface area contributed by atoms with E-state index < -0.39 is 0 Å². The van der Waals surface area contributed by atoms with E-state index in [0.29, 0.717) is 0 Å². The first-order chi connectivity index (χ1) is 8.67. The van der Waals surface area contributed by atoms with E-state index in [1.807, 2.05) is 13.8 Å². The molecule has 1 aromatic rings. The first kappa shape index (κ1) is 13.3. The Morgan fingerprint density at radius 3 is 2.89 bits per heavy atom. The monoisotopic (exact) mass is 249 g/mol. The highest BCUT2D eigenvalue weighted by atomic mass is 16.5. The Kier molecular flexibility index (Phi) is 4.55. The molecule has 1 fully saturated rings. The number of aryl methyl sites for hydroxylation is 1. The Morgan fingerprint density at radius 2 is 2.22 bits per heavy atom. The second-order valence-electron chi connectivity index (χ2n) is 5.08. The number of anilines is 1. The molecule has 0 aromatic carbocycles. The van der Waals surface area contributed by atoms with Crippen molar-refractivity contribution in [1.29, 1.82) is 0 Å². The predicted octanol–water partition coefficient (Wildman–Crippen LogP) is 2.09. The first-order valence-electron chi connectivity index (χ1n) is 6.65.